The lowest BCUT2D eigenvalue weighted by Crippen LogP contribution is -2.28. The number of likely N-dealkylation sites (tertiary alicyclic amines) is 1. The second-order valence-corrected chi connectivity index (χ2v) is 4.79. The minimum Gasteiger partial charge on any atom is -0.300 e. The molecule has 0 amide bonds. The highest BCUT2D eigenvalue weighted by atomic mass is 15.2. The van der Waals surface area contributed by atoms with Crippen LogP contribution in [0.25, 0.3) is 0 Å². The van der Waals surface area contributed by atoms with Crippen LogP contribution in [0, 0.1) is 11.3 Å². The van der Waals surface area contributed by atoms with Gasteiger partial charge in [-0.05, 0) is 38.0 Å². The molecule has 0 aromatic heterocycles. The smallest absolute Gasteiger partial charge is 0.00438 e. The molecule has 2 aliphatic rings. The van der Waals surface area contributed by atoms with Crippen molar-refractivity contribution >= 4 is 0 Å². The van der Waals surface area contributed by atoms with Gasteiger partial charge in [0.2, 0.25) is 0 Å². The monoisotopic (exact) mass is 153 g/mol. The van der Waals surface area contributed by atoms with E-state index in [1.807, 2.05) is 0 Å². The molecule has 1 atom stereocenters. The Kier molecular flexibility index (Phi) is 1.54. The van der Waals surface area contributed by atoms with Crippen LogP contribution >= 0.6 is 0 Å². The highest BCUT2D eigenvalue weighted by Crippen LogP contribution is 2.56. The lowest BCUT2D eigenvalue weighted by atomic mass is 9.95. The van der Waals surface area contributed by atoms with Gasteiger partial charge >= 0.3 is 0 Å². The fraction of sp³-hybridized carbons (Fsp3) is 1.00. The fourth-order valence-corrected chi connectivity index (χ4v) is 2.38. The number of rotatable bonds is 1. The van der Waals surface area contributed by atoms with Crippen LogP contribution in [0.15, 0.2) is 0 Å². The summed E-state index contributed by atoms with van der Waals surface area (Å²) in [6, 6.07) is 0.762. The summed E-state index contributed by atoms with van der Waals surface area (Å²) in [5.74, 6) is 0.963. The zero-order chi connectivity index (χ0) is 8.06. The van der Waals surface area contributed by atoms with Crippen LogP contribution in [0.4, 0.5) is 0 Å². The van der Waals surface area contributed by atoms with E-state index in [9.17, 15) is 0 Å². The van der Waals surface area contributed by atoms with Gasteiger partial charge in [-0.25, -0.2) is 0 Å². The van der Waals surface area contributed by atoms with Gasteiger partial charge in [0.05, 0.1) is 0 Å². The predicted octanol–water partition coefficient (Wildman–Crippen LogP) is 2.13. The molecule has 1 heterocycles. The molecule has 1 saturated heterocycles. The van der Waals surface area contributed by atoms with Crippen molar-refractivity contribution in [3.63, 3.8) is 0 Å². The van der Waals surface area contributed by atoms with Crippen LogP contribution in [-0.4, -0.2) is 24.0 Å². The Hall–Kier alpha value is -0.0400. The summed E-state index contributed by atoms with van der Waals surface area (Å²) < 4.78 is 0. The molecule has 0 aromatic rings. The van der Waals surface area contributed by atoms with E-state index in [1.54, 1.807) is 0 Å². The van der Waals surface area contributed by atoms with E-state index in [2.05, 4.69) is 25.7 Å². The molecule has 1 aliphatic heterocycles. The molecule has 64 valence electrons. The summed E-state index contributed by atoms with van der Waals surface area (Å²) in [5.41, 5.74) is 0.782. The average molecular weight is 153 g/mol. The molecule has 1 spiro atoms. The van der Waals surface area contributed by atoms with Crippen molar-refractivity contribution in [1.29, 1.82) is 0 Å². The molecular formula is C10H19N. The quantitative estimate of drug-likeness (QED) is 0.558. The first-order valence-corrected chi connectivity index (χ1v) is 4.88. The first kappa shape index (κ1) is 7.60. The lowest BCUT2D eigenvalue weighted by molar-refractivity contribution is 0.260. The summed E-state index contributed by atoms with van der Waals surface area (Å²) in [6.07, 6.45) is 2.99. The van der Waals surface area contributed by atoms with Crippen LogP contribution in [0.1, 0.15) is 33.6 Å². The highest BCUT2D eigenvalue weighted by Gasteiger charge is 2.52. The normalized spacial score (nSPS) is 35.5. The van der Waals surface area contributed by atoms with Crippen molar-refractivity contribution < 1.29 is 0 Å². The van der Waals surface area contributed by atoms with E-state index >= 15 is 0 Å². The van der Waals surface area contributed by atoms with Crippen molar-refractivity contribution in [2.45, 2.75) is 39.7 Å². The molecule has 0 bridgehead atoms. The number of nitrogens with zero attached hydrogens (tertiary/aromatic N) is 1. The van der Waals surface area contributed by atoms with Crippen molar-refractivity contribution in [3.8, 4) is 0 Å². The molecule has 1 nitrogen and oxygen atoms in total. The van der Waals surface area contributed by atoms with Crippen molar-refractivity contribution in [1.82, 2.24) is 4.90 Å². The van der Waals surface area contributed by atoms with Gasteiger partial charge in [-0.3, -0.25) is 0 Å². The standard InChI is InChI=1S/C10H19N/c1-8(2)11-6-9(3)10(7-11)4-5-10/h8-9H,4-7H2,1-3H3/t9-/m0/s1. The molecule has 0 N–H and O–H groups in total. The predicted molar refractivity (Wildman–Crippen MR) is 47.5 cm³/mol. The Morgan fingerprint density at radius 3 is 2.27 bits per heavy atom. The first-order valence-electron chi connectivity index (χ1n) is 4.88. The van der Waals surface area contributed by atoms with E-state index in [0.717, 1.165) is 17.4 Å². The summed E-state index contributed by atoms with van der Waals surface area (Å²) in [6.45, 7) is 9.78. The zero-order valence-electron chi connectivity index (χ0n) is 7.93. The minimum atomic E-state index is 0.762. The maximum Gasteiger partial charge on any atom is 0.00438 e. The molecule has 1 heteroatoms. The maximum absolute atomic E-state index is 2.64. The Morgan fingerprint density at radius 1 is 1.36 bits per heavy atom. The molecule has 2 rings (SSSR count). The third-order valence-electron chi connectivity index (χ3n) is 3.69. The summed E-state index contributed by atoms with van der Waals surface area (Å²) in [5, 5.41) is 0. The summed E-state index contributed by atoms with van der Waals surface area (Å²) >= 11 is 0. The summed E-state index contributed by atoms with van der Waals surface area (Å²) in [4.78, 5) is 2.64. The van der Waals surface area contributed by atoms with E-state index < -0.39 is 0 Å². The Morgan fingerprint density at radius 2 is 2.00 bits per heavy atom. The largest absolute Gasteiger partial charge is 0.300 e. The van der Waals surface area contributed by atoms with E-state index in [4.69, 9.17) is 0 Å². The second-order valence-electron chi connectivity index (χ2n) is 4.79. The van der Waals surface area contributed by atoms with Gasteiger partial charge in [0.25, 0.3) is 0 Å². The van der Waals surface area contributed by atoms with Gasteiger partial charge in [0, 0.05) is 19.1 Å². The van der Waals surface area contributed by atoms with E-state index in [1.165, 1.54) is 25.9 Å². The number of hydrogen-bond acceptors (Lipinski definition) is 1. The minimum absolute atomic E-state index is 0.762. The first-order chi connectivity index (χ1) is 5.14. The lowest BCUT2D eigenvalue weighted by Gasteiger charge is -2.19. The van der Waals surface area contributed by atoms with Gasteiger partial charge in [-0.1, -0.05) is 6.92 Å². The van der Waals surface area contributed by atoms with Crippen LogP contribution in [-0.2, 0) is 0 Å². The number of hydrogen-bond donors (Lipinski definition) is 0. The molecule has 0 aromatic carbocycles. The van der Waals surface area contributed by atoms with Crippen molar-refractivity contribution in [3.05, 3.63) is 0 Å². The summed E-state index contributed by atoms with van der Waals surface area (Å²) in [7, 11) is 0. The second kappa shape index (κ2) is 2.22. The highest BCUT2D eigenvalue weighted by molar-refractivity contribution is 5.04. The molecule has 0 radical (unpaired) electrons. The van der Waals surface area contributed by atoms with E-state index in [0.29, 0.717) is 0 Å². The fourth-order valence-electron chi connectivity index (χ4n) is 2.38. The van der Waals surface area contributed by atoms with Crippen molar-refractivity contribution in [2.75, 3.05) is 13.1 Å². The zero-order valence-corrected chi connectivity index (χ0v) is 7.93. The molecule has 1 saturated carbocycles. The third kappa shape index (κ3) is 1.10. The van der Waals surface area contributed by atoms with Crippen molar-refractivity contribution in [2.24, 2.45) is 11.3 Å². The van der Waals surface area contributed by atoms with Gasteiger partial charge < -0.3 is 4.90 Å². The SMILES string of the molecule is CC(C)N1C[C@H](C)C2(CC2)C1. The Labute approximate surface area is 69.8 Å². The van der Waals surface area contributed by atoms with Gasteiger partial charge in [-0.2, -0.15) is 0 Å². The molecule has 2 fully saturated rings. The Balaban J connectivity index is 2.01. The molecular weight excluding hydrogens is 134 g/mol. The van der Waals surface area contributed by atoms with Crippen LogP contribution in [0.2, 0.25) is 0 Å². The molecule has 11 heavy (non-hydrogen) atoms. The maximum atomic E-state index is 2.64. The topological polar surface area (TPSA) is 3.24 Å². The van der Waals surface area contributed by atoms with Gasteiger partial charge in [-0.15, -0.1) is 0 Å². The Bertz CT molecular complexity index is 158. The van der Waals surface area contributed by atoms with Crippen LogP contribution in [0.5, 0.6) is 0 Å². The van der Waals surface area contributed by atoms with Crippen LogP contribution < -0.4 is 0 Å². The van der Waals surface area contributed by atoms with Crippen LogP contribution in [0.3, 0.4) is 0 Å². The van der Waals surface area contributed by atoms with Gasteiger partial charge in [0.1, 0.15) is 0 Å². The molecule has 0 unspecified atom stereocenters. The average Bonchev–Trinajstić information content (AvgIpc) is 2.59. The van der Waals surface area contributed by atoms with Gasteiger partial charge in [0.15, 0.2) is 0 Å². The molecule has 1 aliphatic carbocycles. The third-order valence-corrected chi connectivity index (χ3v) is 3.69. The van der Waals surface area contributed by atoms with E-state index in [-0.39, 0.29) is 0 Å².